The van der Waals surface area contributed by atoms with Crippen molar-refractivity contribution in [2.24, 2.45) is 17.6 Å². The molecule has 0 aromatic carbocycles. The molecule has 4 unspecified atom stereocenters. The maximum atomic E-state index is 9.74. The van der Waals surface area contributed by atoms with Gasteiger partial charge < -0.3 is 15.7 Å². The standard InChI is InChI=1S/C15H30N2O/c1-2-4-12-6-7-15(16)13(9-12)10-17-8-3-5-14(18)11-17/h12-15,18H,2-11,16H2,1H3. The number of piperidine rings is 1. The van der Waals surface area contributed by atoms with E-state index in [1.54, 1.807) is 0 Å². The van der Waals surface area contributed by atoms with Gasteiger partial charge in [0.25, 0.3) is 0 Å². The van der Waals surface area contributed by atoms with Gasteiger partial charge in [-0.15, -0.1) is 0 Å². The molecule has 18 heavy (non-hydrogen) atoms. The zero-order valence-corrected chi connectivity index (χ0v) is 11.9. The highest BCUT2D eigenvalue weighted by Gasteiger charge is 2.30. The number of hydrogen-bond acceptors (Lipinski definition) is 3. The Hall–Kier alpha value is -0.120. The third-order valence-electron chi connectivity index (χ3n) is 4.82. The van der Waals surface area contributed by atoms with Crippen LogP contribution in [0.5, 0.6) is 0 Å². The van der Waals surface area contributed by atoms with Gasteiger partial charge >= 0.3 is 0 Å². The Morgan fingerprint density at radius 1 is 1.28 bits per heavy atom. The van der Waals surface area contributed by atoms with E-state index in [2.05, 4.69) is 11.8 Å². The SMILES string of the molecule is CCCC1CCC(N)C(CN2CCCC(O)C2)C1. The van der Waals surface area contributed by atoms with Crippen LogP contribution in [-0.2, 0) is 0 Å². The summed E-state index contributed by atoms with van der Waals surface area (Å²) in [5.41, 5.74) is 6.30. The van der Waals surface area contributed by atoms with E-state index in [1.807, 2.05) is 0 Å². The summed E-state index contributed by atoms with van der Waals surface area (Å²) in [5.74, 6) is 1.55. The fourth-order valence-electron chi connectivity index (χ4n) is 3.79. The molecule has 1 aliphatic carbocycles. The molecular weight excluding hydrogens is 224 g/mol. The summed E-state index contributed by atoms with van der Waals surface area (Å²) in [5, 5.41) is 9.74. The topological polar surface area (TPSA) is 49.5 Å². The Labute approximate surface area is 112 Å². The first-order valence-corrected chi connectivity index (χ1v) is 7.85. The van der Waals surface area contributed by atoms with E-state index >= 15 is 0 Å². The Bertz CT molecular complexity index is 247. The largest absolute Gasteiger partial charge is 0.392 e. The molecule has 4 atom stereocenters. The summed E-state index contributed by atoms with van der Waals surface area (Å²) in [4.78, 5) is 2.44. The van der Waals surface area contributed by atoms with Crippen molar-refractivity contribution in [1.29, 1.82) is 0 Å². The summed E-state index contributed by atoms with van der Waals surface area (Å²) in [6.07, 6.45) is 8.51. The lowest BCUT2D eigenvalue weighted by Gasteiger charge is -2.39. The number of β-amino-alcohol motifs (C(OH)–C–C–N with tert-alkyl or cyclic N) is 1. The first kappa shape index (κ1) is 14.3. The minimum atomic E-state index is -0.106. The first-order valence-electron chi connectivity index (χ1n) is 7.85. The van der Waals surface area contributed by atoms with Crippen molar-refractivity contribution in [2.45, 2.75) is 64.0 Å². The van der Waals surface area contributed by atoms with Crippen LogP contribution < -0.4 is 5.73 Å². The maximum Gasteiger partial charge on any atom is 0.0667 e. The molecule has 0 amide bonds. The first-order chi connectivity index (χ1) is 8.69. The van der Waals surface area contributed by atoms with E-state index in [0.29, 0.717) is 12.0 Å². The molecule has 2 rings (SSSR count). The Balaban J connectivity index is 1.82. The predicted octanol–water partition coefficient (Wildman–Crippen LogP) is 1.99. The average Bonchev–Trinajstić information content (AvgIpc) is 2.34. The van der Waals surface area contributed by atoms with Gasteiger partial charge in [-0.25, -0.2) is 0 Å². The van der Waals surface area contributed by atoms with Crippen molar-refractivity contribution >= 4 is 0 Å². The maximum absolute atomic E-state index is 9.74. The van der Waals surface area contributed by atoms with Crippen LogP contribution in [0.25, 0.3) is 0 Å². The van der Waals surface area contributed by atoms with Gasteiger partial charge in [0.1, 0.15) is 0 Å². The summed E-state index contributed by atoms with van der Waals surface area (Å²) in [7, 11) is 0. The molecule has 0 aromatic heterocycles. The van der Waals surface area contributed by atoms with Gasteiger partial charge in [0.05, 0.1) is 6.10 Å². The molecule has 0 radical (unpaired) electrons. The van der Waals surface area contributed by atoms with E-state index in [0.717, 1.165) is 38.4 Å². The van der Waals surface area contributed by atoms with Crippen molar-refractivity contribution in [1.82, 2.24) is 4.90 Å². The van der Waals surface area contributed by atoms with Gasteiger partial charge in [-0.2, -0.15) is 0 Å². The molecule has 1 heterocycles. The number of nitrogens with two attached hydrogens (primary N) is 1. The van der Waals surface area contributed by atoms with Gasteiger partial charge in [-0.05, 0) is 50.5 Å². The van der Waals surface area contributed by atoms with E-state index < -0.39 is 0 Å². The lowest BCUT2D eigenvalue weighted by Crippen LogP contribution is -2.47. The Morgan fingerprint density at radius 3 is 2.83 bits per heavy atom. The lowest BCUT2D eigenvalue weighted by atomic mass is 9.76. The molecule has 3 N–H and O–H groups in total. The van der Waals surface area contributed by atoms with Crippen molar-refractivity contribution in [2.75, 3.05) is 19.6 Å². The van der Waals surface area contributed by atoms with E-state index in [1.165, 1.54) is 32.1 Å². The van der Waals surface area contributed by atoms with Crippen LogP contribution in [0, 0.1) is 11.8 Å². The monoisotopic (exact) mass is 254 g/mol. The zero-order valence-electron chi connectivity index (χ0n) is 11.9. The summed E-state index contributed by atoms with van der Waals surface area (Å²) < 4.78 is 0. The highest BCUT2D eigenvalue weighted by Crippen LogP contribution is 2.32. The minimum Gasteiger partial charge on any atom is -0.392 e. The molecule has 2 aliphatic rings. The van der Waals surface area contributed by atoms with Crippen molar-refractivity contribution in [3.05, 3.63) is 0 Å². The average molecular weight is 254 g/mol. The minimum absolute atomic E-state index is 0.106. The number of aliphatic hydroxyl groups excluding tert-OH is 1. The third-order valence-corrected chi connectivity index (χ3v) is 4.82. The van der Waals surface area contributed by atoms with Crippen LogP contribution in [0.15, 0.2) is 0 Å². The van der Waals surface area contributed by atoms with Crippen LogP contribution in [0.4, 0.5) is 0 Å². The number of hydrogen-bond donors (Lipinski definition) is 2. The smallest absolute Gasteiger partial charge is 0.0667 e. The van der Waals surface area contributed by atoms with Crippen LogP contribution in [-0.4, -0.2) is 41.8 Å². The highest BCUT2D eigenvalue weighted by atomic mass is 16.3. The summed E-state index contributed by atoms with van der Waals surface area (Å²) >= 11 is 0. The Kier molecular flexibility index (Phi) is 5.46. The van der Waals surface area contributed by atoms with Crippen LogP contribution >= 0.6 is 0 Å². The second kappa shape index (κ2) is 6.88. The molecule has 0 spiro atoms. The van der Waals surface area contributed by atoms with Crippen molar-refractivity contribution in [3.8, 4) is 0 Å². The number of aliphatic hydroxyl groups is 1. The molecule has 1 saturated carbocycles. The van der Waals surface area contributed by atoms with Crippen molar-refractivity contribution < 1.29 is 5.11 Å². The number of nitrogens with zero attached hydrogens (tertiary/aromatic N) is 1. The molecule has 3 nitrogen and oxygen atoms in total. The molecule has 1 aliphatic heterocycles. The molecule has 2 fully saturated rings. The number of rotatable bonds is 4. The van der Waals surface area contributed by atoms with E-state index in [4.69, 9.17) is 5.73 Å². The number of likely N-dealkylation sites (tertiary alicyclic amines) is 1. The summed E-state index contributed by atoms with van der Waals surface area (Å²) in [6.45, 7) is 5.41. The quantitative estimate of drug-likeness (QED) is 0.806. The van der Waals surface area contributed by atoms with Crippen LogP contribution in [0.1, 0.15) is 51.9 Å². The van der Waals surface area contributed by atoms with Crippen LogP contribution in [0.3, 0.4) is 0 Å². The molecule has 0 aromatic rings. The molecule has 0 bridgehead atoms. The molecular formula is C15H30N2O. The molecule has 3 heteroatoms. The fraction of sp³-hybridized carbons (Fsp3) is 1.00. The normalized spacial score (nSPS) is 38.8. The fourth-order valence-corrected chi connectivity index (χ4v) is 3.79. The predicted molar refractivity (Wildman–Crippen MR) is 75.4 cm³/mol. The molecule has 1 saturated heterocycles. The van der Waals surface area contributed by atoms with Crippen molar-refractivity contribution in [3.63, 3.8) is 0 Å². The van der Waals surface area contributed by atoms with E-state index in [-0.39, 0.29) is 6.10 Å². The van der Waals surface area contributed by atoms with Gasteiger partial charge in [-0.3, -0.25) is 0 Å². The third kappa shape index (κ3) is 3.94. The van der Waals surface area contributed by atoms with E-state index in [9.17, 15) is 5.11 Å². The van der Waals surface area contributed by atoms with Gasteiger partial charge in [-0.1, -0.05) is 19.8 Å². The second-order valence-corrected chi connectivity index (χ2v) is 6.45. The Morgan fingerprint density at radius 2 is 2.11 bits per heavy atom. The zero-order chi connectivity index (χ0) is 13.0. The summed E-state index contributed by atoms with van der Waals surface area (Å²) in [6, 6.07) is 0.386. The van der Waals surface area contributed by atoms with Gasteiger partial charge in [0.15, 0.2) is 0 Å². The lowest BCUT2D eigenvalue weighted by molar-refractivity contribution is 0.0512. The van der Waals surface area contributed by atoms with Crippen LogP contribution in [0.2, 0.25) is 0 Å². The van der Waals surface area contributed by atoms with Gasteiger partial charge in [0.2, 0.25) is 0 Å². The molecule has 106 valence electrons. The second-order valence-electron chi connectivity index (χ2n) is 6.45. The highest BCUT2D eigenvalue weighted by molar-refractivity contribution is 4.85. The van der Waals surface area contributed by atoms with Gasteiger partial charge in [0, 0.05) is 19.1 Å².